The Labute approximate surface area is 239 Å². The Morgan fingerprint density at radius 2 is 2.02 bits per heavy atom. The van der Waals surface area contributed by atoms with E-state index in [9.17, 15) is 9.90 Å². The summed E-state index contributed by atoms with van der Waals surface area (Å²) in [6.45, 7) is 9.33. The van der Waals surface area contributed by atoms with Crippen LogP contribution in [0.3, 0.4) is 0 Å². The Balaban J connectivity index is 1.06. The number of thiazole rings is 1. The third kappa shape index (κ3) is 4.41. The number of anilines is 1. The van der Waals surface area contributed by atoms with Gasteiger partial charge in [0.2, 0.25) is 0 Å². The molecule has 40 heavy (non-hydrogen) atoms. The molecule has 8 heteroatoms. The molecule has 4 aliphatic rings. The topological polar surface area (TPSA) is 75.1 Å². The fourth-order valence-electron chi connectivity index (χ4n) is 7.52. The van der Waals surface area contributed by atoms with Gasteiger partial charge in [0.15, 0.2) is 5.13 Å². The van der Waals surface area contributed by atoms with Gasteiger partial charge in [-0.1, -0.05) is 29.8 Å². The van der Waals surface area contributed by atoms with Crippen molar-refractivity contribution in [3.05, 3.63) is 64.0 Å². The minimum atomic E-state index is -0.641. The maximum atomic E-state index is 11.7. The Morgan fingerprint density at radius 1 is 1.18 bits per heavy atom. The van der Waals surface area contributed by atoms with Crippen molar-refractivity contribution in [3.8, 4) is 17.0 Å². The number of benzene rings is 2. The zero-order chi connectivity index (χ0) is 27.4. The summed E-state index contributed by atoms with van der Waals surface area (Å²) in [5.74, 6) is -0.0173. The van der Waals surface area contributed by atoms with E-state index < -0.39 is 5.97 Å². The van der Waals surface area contributed by atoms with Crippen LogP contribution in [0.1, 0.15) is 47.9 Å². The van der Waals surface area contributed by atoms with E-state index >= 15 is 0 Å². The van der Waals surface area contributed by atoms with Gasteiger partial charge in [0.1, 0.15) is 12.4 Å². The molecule has 2 aliphatic carbocycles. The van der Waals surface area contributed by atoms with Gasteiger partial charge in [-0.05, 0) is 68.4 Å². The Morgan fingerprint density at radius 3 is 2.77 bits per heavy atom. The minimum absolute atomic E-state index is 0.210. The molecule has 210 valence electrons. The monoisotopic (exact) mass is 559 g/mol. The normalized spacial score (nSPS) is 27.4. The van der Waals surface area contributed by atoms with Gasteiger partial charge in [-0.15, -0.1) is 11.3 Å². The van der Waals surface area contributed by atoms with Crippen LogP contribution < -0.4 is 9.64 Å². The third-order valence-corrected chi connectivity index (χ3v) is 10.6. The predicted octanol–water partition coefficient (Wildman–Crippen LogP) is 5.67. The Bertz CT molecular complexity index is 1430. The molecule has 2 aliphatic heterocycles. The molecule has 4 unspecified atom stereocenters. The number of morpholine rings is 1. The van der Waals surface area contributed by atoms with E-state index in [-0.39, 0.29) is 11.3 Å². The number of hydrogen-bond acceptors (Lipinski definition) is 7. The van der Waals surface area contributed by atoms with E-state index in [0.717, 1.165) is 80.7 Å². The summed E-state index contributed by atoms with van der Waals surface area (Å²) in [6, 6.07) is 13.8. The largest absolute Gasteiger partial charge is 0.488 e. The first kappa shape index (κ1) is 26.0. The number of nitrogens with zero attached hydrogens (tertiary/aromatic N) is 3. The van der Waals surface area contributed by atoms with Crippen LogP contribution in [0.4, 0.5) is 5.13 Å². The van der Waals surface area contributed by atoms with Crippen molar-refractivity contribution in [1.82, 2.24) is 9.88 Å². The highest BCUT2D eigenvalue weighted by atomic mass is 32.1. The van der Waals surface area contributed by atoms with Gasteiger partial charge >= 0.3 is 5.97 Å². The van der Waals surface area contributed by atoms with Crippen molar-refractivity contribution >= 4 is 22.4 Å². The van der Waals surface area contributed by atoms with Gasteiger partial charge in [-0.3, -0.25) is 9.69 Å². The number of aromatic nitrogens is 1. The molecule has 1 N–H and O–H groups in total. The maximum absolute atomic E-state index is 11.7. The molecule has 0 bridgehead atoms. The lowest BCUT2D eigenvalue weighted by Gasteiger charge is -2.68. The number of piperidine rings is 1. The fraction of sp³-hybridized carbons (Fsp3) is 0.500. The van der Waals surface area contributed by atoms with Gasteiger partial charge in [-0.2, -0.15) is 0 Å². The highest BCUT2D eigenvalue weighted by Crippen LogP contribution is 2.67. The van der Waals surface area contributed by atoms with Crippen molar-refractivity contribution in [2.75, 3.05) is 31.2 Å². The van der Waals surface area contributed by atoms with E-state index in [1.807, 2.05) is 0 Å². The summed E-state index contributed by atoms with van der Waals surface area (Å²) in [6.07, 6.45) is 3.87. The highest BCUT2D eigenvalue weighted by Gasteiger charge is 2.70. The smallest absolute Gasteiger partial charge is 0.306 e. The van der Waals surface area contributed by atoms with Crippen molar-refractivity contribution in [1.29, 1.82) is 0 Å². The number of carbonyl (C=O) groups is 1. The number of hydrogen-bond donors (Lipinski definition) is 1. The van der Waals surface area contributed by atoms with Crippen molar-refractivity contribution in [3.63, 3.8) is 0 Å². The molecule has 2 aromatic carbocycles. The molecule has 3 heterocycles. The predicted molar refractivity (Wildman–Crippen MR) is 156 cm³/mol. The van der Waals surface area contributed by atoms with Crippen LogP contribution in [0.2, 0.25) is 0 Å². The molecule has 7 rings (SSSR count). The molecular weight excluding hydrogens is 522 g/mol. The average Bonchev–Trinajstić information content (AvgIpc) is 3.57. The molecule has 1 aromatic heterocycles. The summed E-state index contributed by atoms with van der Waals surface area (Å²) in [4.78, 5) is 21.7. The maximum Gasteiger partial charge on any atom is 0.306 e. The van der Waals surface area contributed by atoms with Gasteiger partial charge in [0.25, 0.3) is 0 Å². The van der Waals surface area contributed by atoms with Crippen molar-refractivity contribution in [2.24, 2.45) is 11.3 Å². The lowest BCUT2D eigenvalue weighted by atomic mass is 9.53. The van der Waals surface area contributed by atoms with Crippen molar-refractivity contribution in [2.45, 2.75) is 64.8 Å². The molecule has 3 aromatic rings. The lowest BCUT2D eigenvalue weighted by molar-refractivity contribution is -0.142. The van der Waals surface area contributed by atoms with Crippen LogP contribution in [0, 0.1) is 25.2 Å². The van der Waals surface area contributed by atoms with Crippen LogP contribution in [-0.2, 0) is 22.7 Å². The van der Waals surface area contributed by atoms with Gasteiger partial charge in [-0.25, -0.2) is 4.98 Å². The second kappa shape index (κ2) is 10.2. The van der Waals surface area contributed by atoms with E-state index in [1.165, 1.54) is 22.3 Å². The molecular formula is C32H37N3O4S. The molecule has 4 fully saturated rings. The van der Waals surface area contributed by atoms with Crippen LogP contribution >= 0.6 is 11.3 Å². The molecule has 0 amide bonds. The summed E-state index contributed by atoms with van der Waals surface area (Å²) in [5.41, 5.74) is 7.08. The van der Waals surface area contributed by atoms with E-state index in [4.69, 9.17) is 14.5 Å². The molecule has 2 saturated carbocycles. The van der Waals surface area contributed by atoms with Gasteiger partial charge in [0, 0.05) is 48.1 Å². The highest BCUT2D eigenvalue weighted by molar-refractivity contribution is 7.14. The molecule has 1 spiro atoms. The lowest BCUT2D eigenvalue weighted by Crippen LogP contribution is -2.75. The fourth-order valence-corrected chi connectivity index (χ4v) is 8.44. The number of carboxylic acids is 1. The van der Waals surface area contributed by atoms with Crippen LogP contribution in [0.25, 0.3) is 11.3 Å². The van der Waals surface area contributed by atoms with Crippen molar-refractivity contribution < 1.29 is 19.4 Å². The second-order valence-corrected chi connectivity index (χ2v) is 13.0. The van der Waals surface area contributed by atoms with Crippen LogP contribution in [0.15, 0.2) is 41.8 Å². The first-order valence-electron chi connectivity index (χ1n) is 14.5. The van der Waals surface area contributed by atoms with Crippen LogP contribution in [-0.4, -0.2) is 59.3 Å². The number of aliphatic carboxylic acids is 1. The standard InChI is InChI=1S/C32H37N3O4S/c1-20-3-6-27(39-18-23-5-4-22(14-21(23)2)17-34-9-11-38-12-10-34)25(13-20)26-19-40-31(33-26)35-28-7-8-32(28)16-24(30(36)37)15-29(32)35/h3-6,13-14,19,24,28-29H,7-12,15-18H2,1-2H3,(H,36,37). The van der Waals surface area contributed by atoms with Gasteiger partial charge < -0.3 is 19.5 Å². The first-order chi connectivity index (χ1) is 19.4. The Kier molecular flexibility index (Phi) is 6.60. The summed E-state index contributed by atoms with van der Waals surface area (Å²) >= 11 is 1.67. The number of rotatable bonds is 8. The SMILES string of the molecule is Cc1ccc(OCc2ccc(CN3CCOCC3)cc2C)c(-c2csc(N3C4CCC45CC(C(=O)O)CC35)n2)c1. The zero-order valence-electron chi connectivity index (χ0n) is 23.3. The van der Waals surface area contributed by atoms with E-state index in [0.29, 0.717) is 18.7 Å². The molecule has 7 nitrogen and oxygen atoms in total. The molecule has 4 atom stereocenters. The van der Waals surface area contributed by atoms with E-state index in [2.05, 4.69) is 65.4 Å². The number of ether oxygens (including phenoxy) is 2. The molecule has 0 radical (unpaired) electrons. The summed E-state index contributed by atoms with van der Waals surface area (Å²) in [7, 11) is 0. The van der Waals surface area contributed by atoms with E-state index in [1.54, 1.807) is 11.3 Å². The number of carboxylic acid groups (broad SMARTS) is 1. The quantitative estimate of drug-likeness (QED) is 0.381. The van der Waals surface area contributed by atoms with Gasteiger partial charge in [0.05, 0.1) is 24.8 Å². The first-order valence-corrected chi connectivity index (χ1v) is 15.4. The Hall–Kier alpha value is -2.94. The third-order valence-electron chi connectivity index (χ3n) is 9.79. The summed E-state index contributed by atoms with van der Waals surface area (Å²) < 4.78 is 11.9. The average molecular weight is 560 g/mol. The molecule has 2 saturated heterocycles. The minimum Gasteiger partial charge on any atom is -0.488 e. The second-order valence-electron chi connectivity index (χ2n) is 12.1. The zero-order valence-corrected chi connectivity index (χ0v) is 24.1. The summed E-state index contributed by atoms with van der Waals surface area (Å²) in [5, 5.41) is 12.8. The number of aryl methyl sites for hydroxylation is 2. The van der Waals surface area contributed by atoms with Crippen LogP contribution in [0.5, 0.6) is 5.75 Å².